The van der Waals surface area contributed by atoms with Crippen LogP contribution in [-0.2, 0) is 6.54 Å². The van der Waals surface area contributed by atoms with Crippen LogP contribution in [0.5, 0.6) is 5.75 Å². The number of methoxy groups -OCH3 is 1. The Labute approximate surface area is 158 Å². The summed E-state index contributed by atoms with van der Waals surface area (Å²) in [5, 5.41) is 14.2. The second-order valence-corrected chi connectivity index (χ2v) is 6.21. The molecule has 0 atom stereocenters. The zero-order valence-corrected chi connectivity index (χ0v) is 15.6. The average molecular weight is 362 g/mol. The van der Waals surface area contributed by atoms with Crippen LogP contribution in [0.1, 0.15) is 27.2 Å². The van der Waals surface area contributed by atoms with E-state index in [-0.39, 0.29) is 11.6 Å². The first-order chi connectivity index (χ1) is 13.1. The van der Waals surface area contributed by atoms with Crippen molar-refractivity contribution in [1.82, 2.24) is 10.2 Å². The van der Waals surface area contributed by atoms with Gasteiger partial charge in [-0.3, -0.25) is 4.79 Å². The van der Waals surface area contributed by atoms with Crippen LogP contribution in [0.3, 0.4) is 0 Å². The molecule has 1 heterocycles. The highest BCUT2D eigenvalue weighted by molar-refractivity contribution is 6.03. The minimum Gasteiger partial charge on any atom is -0.497 e. The lowest BCUT2D eigenvalue weighted by Crippen LogP contribution is -2.15. The Morgan fingerprint density at radius 3 is 2.44 bits per heavy atom. The third-order valence-corrected chi connectivity index (χ3v) is 4.38. The molecule has 1 amide bonds. The molecule has 0 aliphatic rings. The SMILES string of the molecule is COc1ccc(CNc2ccc(C(=O)Nc3cccc(C)c3C)nn2)cc1. The molecular weight excluding hydrogens is 340 g/mol. The van der Waals surface area contributed by atoms with Crippen molar-refractivity contribution >= 4 is 17.4 Å². The predicted octanol–water partition coefficient (Wildman–Crippen LogP) is 3.97. The van der Waals surface area contributed by atoms with Crippen LogP contribution >= 0.6 is 0 Å². The maximum atomic E-state index is 12.4. The molecule has 2 N–H and O–H groups in total. The average Bonchev–Trinajstić information content (AvgIpc) is 2.70. The van der Waals surface area contributed by atoms with E-state index in [1.54, 1.807) is 19.2 Å². The molecule has 0 aliphatic heterocycles. The van der Waals surface area contributed by atoms with E-state index >= 15 is 0 Å². The normalized spacial score (nSPS) is 10.3. The first kappa shape index (κ1) is 18.4. The zero-order valence-electron chi connectivity index (χ0n) is 15.6. The summed E-state index contributed by atoms with van der Waals surface area (Å²) < 4.78 is 5.14. The summed E-state index contributed by atoms with van der Waals surface area (Å²) in [5.41, 5.74) is 4.30. The van der Waals surface area contributed by atoms with Gasteiger partial charge in [-0.05, 0) is 60.9 Å². The molecular formula is C21H22N4O2. The third kappa shape index (κ3) is 4.61. The summed E-state index contributed by atoms with van der Waals surface area (Å²) in [6.07, 6.45) is 0. The molecule has 0 bridgehead atoms. The molecule has 0 saturated heterocycles. The van der Waals surface area contributed by atoms with Crippen molar-refractivity contribution in [3.05, 3.63) is 77.0 Å². The number of nitrogens with one attached hydrogen (secondary N) is 2. The summed E-state index contributed by atoms with van der Waals surface area (Å²) in [6, 6.07) is 17.0. The Morgan fingerprint density at radius 1 is 1.00 bits per heavy atom. The molecule has 0 spiro atoms. The van der Waals surface area contributed by atoms with Gasteiger partial charge in [0.1, 0.15) is 11.6 Å². The highest BCUT2D eigenvalue weighted by Gasteiger charge is 2.10. The van der Waals surface area contributed by atoms with E-state index < -0.39 is 0 Å². The Bertz CT molecular complexity index is 922. The van der Waals surface area contributed by atoms with Crippen molar-refractivity contribution in [1.29, 1.82) is 0 Å². The Hall–Kier alpha value is -3.41. The number of carbonyl (C=O) groups is 1. The van der Waals surface area contributed by atoms with Gasteiger partial charge in [-0.25, -0.2) is 0 Å². The van der Waals surface area contributed by atoms with E-state index in [1.807, 2.05) is 56.3 Å². The topological polar surface area (TPSA) is 76.1 Å². The van der Waals surface area contributed by atoms with Crippen molar-refractivity contribution in [3.63, 3.8) is 0 Å². The Kier molecular flexibility index (Phi) is 5.66. The molecule has 1 aromatic heterocycles. The minimum absolute atomic E-state index is 0.269. The summed E-state index contributed by atoms with van der Waals surface area (Å²) in [5.74, 6) is 1.14. The van der Waals surface area contributed by atoms with Gasteiger partial charge >= 0.3 is 0 Å². The van der Waals surface area contributed by atoms with E-state index in [0.29, 0.717) is 12.4 Å². The molecule has 0 radical (unpaired) electrons. The zero-order chi connectivity index (χ0) is 19.2. The summed E-state index contributed by atoms with van der Waals surface area (Å²) in [6.45, 7) is 4.59. The molecule has 6 heteroatoms. The molecule has 6 nitrogen and oxygen atoms in total. The van der Waals surface area contributed by atoms with E-state index in [4.69, 9.17) is 4.74 Å². The van der Waals surface area contributed by atoms with Gasteiger partial charge in [0.2, 0.25) is 0 Å². The lowest BCUT2D eigenvalue weighted by atomic mass is 10.1. The van der Waals surface area contributed by atoms with Crippen molar-refractivity contribution in [3.8, 4) is 5.75 Å². The summed E-state index contributed by atoms with van der Waals surface area (Å²) >= 11 is 0. The summed E-state index contributed by atoms with van der Waals surface area (Å²) in [4.78, 5) is 12.4. The number of aryl methyl sites for hydroxylation is 1. The van der Waals surface area contributed by atoms with Gasteiger partial charge in [-0.15, -0.1) is 10.2 Å². The van der Waals surface area contributed by atoms with Crippen molar-refractivity contribution < 1.29 is 9.53 Å². The maximum absolute atomic E-state index is 12.4. The molecule has 0 saturated carbocycles. The monoisotopic (exact) mass is 362 g/mol. The van der Waals surface area contributed by atoms with Gasteiger partial charge in [0.15, 0.2) is 5.69 Å². The Balaban J connectivity index is 1.60. The van der Waals surface area contributed by atoms with Gasteiger partial charge in [-0.1, -0.05) is 24.3 Å². The number of ether oxygens (including phenoxy) is 1. The number of carbonyl (C=O) groups excluding carboxylic acids is 1. The molecule has 138 valence electrons. The largest absolute Gasteiger partial charge is 0.497 e. The first-order valence-electron chi connectivity index (χ1n) is 8.65. The first-order valence-corrected chi connectivity index (χ1v) is 8.65. The second-order valence-electron chi connectivity index (χ2n) is 6.21. The maximum Gasteiger partial charge on any atom is 0.276 e. The standard InChI is InChI=1S/C21H22N4O2/c1-14-5-4-6-18(15(14)2)23-21(26)19-11-12-20(25-24-19)22-13-16-7-9-17(27-3)10-8-16/h4-12H,13H2,1-3H3,(H,22,25)(H,23,26). The van der Waals surface area contributed by atoms with E-state index in [0.717, 1.165) is 28.1 Å². The highest BCUT2D eigenvalue weighted by atomic mass is 16.5. The number of benzene rings is 2. The van der Waals surface area contributed by atoms with Crippen LogP contribution in [0.4, 0.5) is 11.5 Å². The van der Waals surface area contributed by atoms with Crippen molar-refractivity contribution in [2.24, 2.45) is 0 Å². The molecule has 27 heavy (non-hydrogen) atoms. The van der Waals surface area contributed by atoms with E-state index in [2.05, 4.69) is 20.8 Å². The number of hydrogen-bond donors (Lipinski definition) is 2. The fraction of sp³-hybridized carbons (Fsp3) is 0.190. The molecule has 0 aliphatic carbocycles. The van der Waals surface area contributed by atoms with Crippen LogP contribution in [0, 0.1) is 13.8 Å². The number of hydrogen-bond acceptors (Lipinski definition) is 5. The Morgan fingerprint density at radius 2 is 1.78 bits per heavy atom. The van der Waals surface area contributed by atoms with Gasteiger partial charge in [0.05, 0.1) is 7.11 Å². The fourth-order valence-corrected chi connectivity index (χ4v) is 2.56. The van der Waals surface area contributed by atoms with Crippen LogP contribution in [0.15, 0.2) is 54.6 Å². The lowest BCUT2D eigenvalue weighted by Gasteiger charge is -2.10. The predicted molar refractivity (Wildman–Crippen MR) is 106 cm³/mol. The van der Waals surface area contributed by atoms with Crippen LogP contribution < -0.4 is 15.4 Å². The van der Waals surface area contributed by atoms with E-state index in [1.165, 1.54) is 0 Å². The quantitative estimate of drug-likeness (QED) is 0.694. The number of nitrogens with zero attached hydrogens (tertiary/aromatic N) is 2. The molecule has 0 fully saturated rings. The van der Waals surface area contributed by atoms with E-state index in [9.17, 15) is 4.79 Å². The molecule has 2 aromatic carbocycles. The van der Waals surface area contributed by atoms with Crippen LogP contribution in [0.25, 0.3) is 0 Å². The van der Waals surface area contributed by atoms with Crippen LogP contribution in [-0.4, -0.2) is 23.2 Å². The van der Waals surface area contributed by atoms with Crippen molar-refractivity contribution in [2.75, 3.05) is 17.7 Å². The molecule has 0 unspecified atom stereocenters. The van der Waals surface area contributed by atoms with Gasteiger partial charge in [-0.2, -0.15) is 0 Å². The smallest absolute Gasteiger partial charge is 0.276 e. The fourth-order valence-electron chi connectivity index (χ4n) is 2.56. The molecule has 3 rings (SSSR count). The third-order valence-electron chi connectivity index (χ3n) is 4.38. The van der Waals surface area contributed by atoms with Gasteiger partial charge in [0, 0.05) is 12.2 Å². The molecule has 3 aromatic rings. The highest BCUT2D eigenvalue weighted by Crippen LogP contribution is 2.18. The van der Waals surface area contributed by atoms with Crippen molar-refractivity contribution in [2.45, 2.75) is 20.4 Å². The number of rotatable bonds is 6. The lowest BCUT2D eigenvalue weighted by molar-refractivity contribution is 0.102. The number of amides is 1. The van der Waals surface area contributed by atoms with Gasteiger partial charge in [0.25, 0.3) is 5.91 Å². The van der Waals surface area contributed by atoms with Gasteiger partial charge < -0.3 is 15.4 Å². The number of anilines is 2. The summed E-state index contributed by atoms with van der Waals surface area (Å²) in [7, 11) is 1.64. The van der Waals surface area contributed by atoms with Crippen LogP contribution in [0.2, 0.25) is 0 Å². The minimum atomic E-state index is -0.280. The second kappa shape index (κ2) is 8.31. The number of aromatic nitrogens is 2.